The summed E-state index contributed by atoms with van der Waals surface area (Å²) in [5.74, 6) is -1.79. The van der Waals surface area contributed by atoms with Gasteiger partial charge in [0.1, 0.15) is 11.6 Å². The predicted octanol–water partition coefficient (Wildman–Crippen LogP) is 7.42. The van der Waals surface area contributed by atoms with Crippen molar-refractivity contribution >= 4 is 29.6 Å². The van der Waals surface area contributed by atoms with E-state index in [0.29, 0.717) is 12.7 Å². The molecule has 1 aliphatic carbocycles. The molecule has 2 aromatic carbocycles. The van der Waals surface area contributed by atoms with E-state index in [4.69, 9.17) is 0 Å². The van der Waals surface area contributed by atoms with Crippen molar-refractivity contribution in [2.45, 2.75) is 13.3 Å². The molecule has 2 aliphatic rings. The van der Waals surface area contributed by atoms with Gasteiger partial charge in [-0.2, -0.15) is 0 Å². The van der Waals surface area contributed by atoms with Crippen molar-refractivity contribution in [2.24, 2.45) is 15.9 Å². The Morgan fingerprint density at radius 1 is 1.19 bits per heavy atom. The molecule has 1 aromatic heterocycles. The standard InChI is InChI=1S/C26H23F2N3.C7H6FNO2.H2/c1-16(13-18-7-5-4-6-8-18)31-17(2)20-10-9-19-14-24(30-15-21(19)20)25-22(27)11-12-23(29-3)26(25)28;1-11-7-5(4-10)2-6(8)3-9-7;/h4-12,14-15,19,29H,1,13H2,2-3H3;2-4H,1H3;1H. The molecule has 1 N–H and O–H groups in total. The molecular formula is C33H31F3N4O2. The zero-order valence-electron chi connectivity index (χ0n) is 23.4. The summed E-state index contributed by atoms with van der Waals surface area (Å²) in [6, 6.07) is 13.8. The maximum atomic E-state index is 14.7. The molecule has 0 bridgehead atoms. The van der Waals surface area contributed by atoms with Gasteiger partial charge in [0.15, 0.2) is 12.1 Å². The van der Waals surface area contributed by atoms with Crippen LogP contribution in [0, 0.1) is 23.4 Å². The highest BCUT2D eigenvalue weighted by molar-refractivity contribution is 6.09. The summed E-state index contributed by atoms with van der Waals surface area (Å²) in [6.45, 7) is 6.02. The Morgan fingerprint density at radius 3 is 2.64 bits per heavy atom. The minimum absolute atomic E-state index is 0. The third-order valence-corrected chi connectivity index (χ3v) is 6.57. The second-order valence-corrected chi connectivity index (χ2v) is 9.39. The number of nitrogens with one attached hydrogen (secondary N) is 1. The lowest BCUT2D eigenvalue weighted by Crippen LogP contribution is -2.09. The summed E-state index contributed by atoms with van der Waals surface area (Å²) in [5.41, 5.74) is 5.20. The van der Waals surface area contributed by atoms with Crippen LogP contribution in [0.4, 0.5) is 18.9 Å². The molecule has 0 amide bonds. The van der Waals surface area contributed by atoms with E-state index in [9.17, 15) is 18.0 Å². The molecule has 2 heterocycles. The molecule has 1 atom stereocenters. The Balaban J connectivity index is 0.000000357. The minimum Gasteiger partial charge on any atom is -0.480 e. The van der Waals surface area contributed by atoms with Gasteiger partial charge < -0.3 is 10.1 Å². The first kappa shape index (κ1) is 29.9. The smallest absolute Gasteiger partial charge is 0.223 e. The molecule has 216 valence electrons. The fourth-order valence-electron chi connectivity index (χ4n) is 4.56. The van der Waals surface area contributed by atoms with E-state index in [1.54, 1.807) is 19.3 Å². The zero-order chi connectivity index (χ0) is 30.2. The Morgan fingerprint density at radius 2 is 1.95 bits per heavy atom. The van der Waals surface area contributed by atoms with Gasteiger partial charge in [0, 0.05) is 44.0 Å². The summed E-state index contributed by atoms with van der Waals surface area (Å²) in [5, 5.41) is 2.74. The van der Waals surface area contributed by atoms with Gasteiger partial charge in [-0.05, 0) is 42.3 Å². The normalized spacial score (nSPS) is 15.4. The summed E-state index contributed by atoms with van der Waals surface area (Å²) >= 11 is 0. The number of halogens is 3. The number of methoxy groups -OCH3 is 1. The Hall–Kier alpha value is -5.05. The highest BCUT2D eigenvalue weighted by atomic mass is 19.1. The maximum Gasteiger partial charge on any atom is 0.223 e. The van der Waals surface area contributed by atoms with Crippen LogP contribution in [0.1, 0.15) is 29.8 Å². The average Bonchev–Trinajstić information content (AvgIpc) is 3.42. The van der Waals surface area contributed by atoms with E-state index < -0.39 is 17.5 Å². The number of benzene rings is 2. The Kier molecular flexibility index (Phi) is 9.65. The number of nitrogens with zero attached hydrogens (tertiary/aromatic N) is 3. The summed E-state index contributed by atoms with van der Waals surface area (Å²) in [4.78, 5) is 22.8. The highest BCUT2D eigenvalue weighted by Crippen LogP contribution is 2.36. The lowest BCUT2D eigenvalue weighted by molar-refractivity contribution is 0.111. The Bertz CT molecular complexity index is 1660. The van der Waals surface area contributed by atoms with Crippen LogP contribution in [0.2, 0.25) is 0 Å². The third kappa shape index (κ3) is 6.80. The summed E-state index contributed by atoms with van der Waals surface area (Å²) < 4.78 is 46.2. The fourth-order valence-corrected chi connectivity index (χ4v) is 4.56. The van der Waals surface area contributed by atoms with Crippen LogP contribution in [0.3, 0.4) is 0 Å². The second kappa shape index (κ2) is 13.5. The third-order valence-electron chi connectivity index (χ3n) is 6.57. The molecule has 3 aromatic rings. The van der Waals surface area contributed by atoms with Crippen molar-refractivity contribution in [2.75, 3.05) is 19.5 Å². The van der Waals surface area contributed by atoms with Crippen LogP contribution in [0.5, 0.6) is 5.88 Å². The highest BCUT2D eigenvalue weighted by Gasteiger charge is 2.26. The number of carbonyl (C=O) groups is 1. The number of aromatic nitrogens is 1. The van der Waals surface area contributed by atoms with E-state index in [2.05, 4.69) is 31.6 Å². The molecule has 0 radical (unpaired) electrons. The molecule has 5 rings (SSSR count). The molecule has 0 fully saturated rings. The second-order valence-electron chi connectivity index (χ2n) is 9.39. The van der Waals surface area contributed by atoms with Crippen molar-refractivity contribution in [3.63, 3.8) is 0 Å². The zero-order valence-corrected chi connectivity index (χ0v) is 23.4. The number of aldehydes is 1. The lowest BCUT2D eigenvalue weighted by atomic mass is 9.94. The predicted molar refractivity (Wildman–Crippen MR) is 163 cm³/mol. The van der Waals surface area contributed by atoms with E-state index >= 15 is 0 Å². The maximum absolute atomic E-state index is 14.7. The molecule has 9 heteroatoms. The van der Waals surface area contributed by atoms with Gasteiger partial charge in [0.05, 0.1) is 35.8 Å². The number of anilines is 1. The topological polar surface area (TPSA) is 75.9 Å². The largest absolute Gasteiger partial charge is 0.480 e. The van der Waals surface area contributed by atoms with Crippen LogP contribution in [0.25, 0.3) is 5.70 Å². The molecule has 1 aliphatic heterocycles. The van der Waals surface area contributed by atoms with Crippen LogP contribution < -0.4 is 10.1 Å². The quantitative estimate of drug-likeness (QED) is 0.225. The number of rotatable bonds is 8. The van der Waals surface area contributed by atoms with Gasteiger partial charge in [-0.25, -0.2) is 18.2 Å². The molecule has 6 nitrogen and oxygen atoms in total. The first-order chi connectivity index (χ1) is 20.2. The SMILES string of the molecule is C=C(Cc1ccccc1)N=C(C)C1=C2C=NC(c3c(F)ccc(NC)c3F)=CC2C=C1.COc1ncc(F)cc1C=O.[HH]. The van der Waals surface area contributed by atoms with Gasteiger partial charge in [0.25, 0.3) is 0 Å². The van der Waals surface area contributed by atoms with E-state index in [1.165, 1.54) is 19.2 Å². The molecular weight excluding hydrogens is 541 g/mol. The number of allylic oxidation sites excluding steroid dienone is 6. The van der Waals surface area contributed by atoms with Crippen molar-refractivity contribution in [3.8, 4) is 5.88 Å². The van der Waals surface area contributed by atoms with Gasteiger partial charge in [-0.3, -0.25) is 14.8 Å². The Labute approximate surface area is 243 Å². The van der Waals surface area contributed by atoms with Gasteiger partial charge in [-0.15, -0.1) is 0 Å². The number of ether oxygens (including phenoxy) is 1. The minimum atomic E-state index is -0.643. The summed E-state index contributed by atoms with van der Waals surface area (Å²) in [6.07, 6.45) is 9.60. The first-order valence-corrected chi connectivity index (χ1v) is 13.0. The van der Waals surface area contributed by atoms with E-state index in [-0.39, 0.29) is 35.7 Å². The number of aliphatic imine (C=N–C) groups is 2. The van der Waals surface area contributed by atoms with Crippen LogP contribution in [-0.4, -0.2) is 37.4 Å². The van der Waals surface area contributed by atoms with Crippen molar-refractivity contribution < 1.29 is 24.1 Å². The fraction of sp³-hybridized carbons (Fsp3) is 0.152. The van der Waals surface area contributed by atoms with E-state index in [0.717, 1.165) is 40.4 Å². The van der Waals surface area contributed by atoms with Crippen LogP contribution in [-0.2, 0) is 6.42 Å². The van der Waals surface area contributed by atoms with Crippen LogP contribution >= 0.6 is 0 Å². The van der Waals surface area contributed by atoms with Crippen molar-refractivity contribution in [1.29, 1.82) is 0 Å². The monoisotopic (exact) mass is 572 g/mol. The molecule has 0 spiro atoms. The number of carbonyl (C=O) groups excluding carboxylic acids is 1. The molecule has 0 saturated heterocycles. The van der Waals surface area contributed by atoms with E-state index in [1.807, 2.05) is 49.4 Å². The van der Waals surface area contributed by atoms with Gasteiger partial charge in [-0.1, -0.05) is 49.1 Å². The number of pyridine rings is 1. The summed E-state index contributed by atoms with van der Waals surface area (Å²) in [7, 11) is 2.96. The number of fused-ring (bicyclic) bond motifs is 1. The van der Waals surface area contributed by atoms with Crippen molar-refractivity contribution in [3.05, 3.63) is 131 Å². The molecule has 1 unspecified atom stereocenters. The molecule has 0 saturated carbocycles. The number of hydrogen-bond acceptors (Lipinski definition) is 6. The lowest BCUT2D eigenvalue weighted by Gasteiger charge is -2.17. The van der Waals surface area contributed by atoms with Gasteiger partial charge in [0.2, 0.25) is 5.88 Å². The first-order valence-electron chi connectivity index (χ1n) is 13.0. The molecule has 42 heavy (non-hydrogen) atoms. The van der Waals surface area contributed by atoms with Gasteiger partial charge >= 0.3 is 0 Å². The van der Waals surface area contributed by atoms with Crippen molar-refractivity contribution in [1.82, 2.24) is 4.98 Å². The number of hydrogen-bond donors (Lipinski definition) is 1. The van der Waals surface area contributed by atoms with Crippen LogP contribution in [0.15, 0.2) is 106 Å². The average molecular weight is 573 g/mol.